The lowest BCUT2D eigenvalue weighted by Crippen LogP contribution is -2.47. The number of carbonyl (C=O) groups is 4. The first kappa shape index (κ1) is 38.8. The number of hydrogen-bond acceptors (Lipinski definition) is 11. The van der Waals surface area contributed by atoms with Gasteiger partial charge in [-0.1, -0.05) is 61.6 Å². The van der Waals surface area contributed by atoms with Crippen molar-refractivity contribution in [3.63, 3.8) is 0 Å². The molecule has 0 radical (unpaired) electrons. The molecule has 0 fully saturated rings. The highest BCUT2D eigenvalue weighted by molar-refractivity contribution is 6.21. The van der Waals surface area contributed by atoms with Crippen LogP contribution in [0.1, 0.15) is 46.5 Å². The number of ketones is 2. The second-order valence-electron chi connectivity index (χ2n) is 11.8. The molecular formula is C37H47N3O9. The van der Waals surface area contributed by atoms with Gasteiger partial charge < -0.3 is 35.1 Å². The van der Waals surface area contributed by atoms with Crippen molar-refractivity contribution in [2.45, 2.75) is 77.2 Å². The van der Waals surface area contributed by atoms with Gasteiger partial charge in [0.05, 0.1) is 37.1 Å². The zero-order valence-corrected chi connectivity index (χ0v) is 28.6. The SMILES string of the molecule is COc1ccccc1NC(O)NC(C)C(=O)OC1C/C=C/C=C/C=C/C(OC)CC(=O)NC2=CC(=O)C=C(CC/C=C(/C)C(O)C1C)C2=O. The van der Waals surface area contributed by atoms with Gasteiger partial charge in [-0.25, -0.2) is 0 Å². The highest BCUT2D eigenvalue weighted by Crippen LogP contribution is 2.25. The maximum Gasteiger partial charge on any atom is 0.323 e. The molecular weight excluding hydrogens is 630 g/mol. The highest BCUT2D eigenvalue weighted by Gasteiger charge is 2.30. The summed E-state index contributed by atoms with van der Waals surface area (Å²) < 4.78 is 16.6. The molecule has 12 heteroatoms. The summed E-state index contributed by atoms with van der Waals surface area (Å²) in [4.78, 5) is 51.3. The summed E-state index contributed by atoms with van der Waals surface area (Å²) in [6, 6.07) is 6.10. The number of ether oxygens (including phenoxy) is 3. The van der Waals surface area contributed by atoms with Crippen LogP contribution in [0.5, 0.6) is 5.75 Å². The number of amides is 1. The fraction of sp³-hybridized carbons (Fsp3) is 0.405. The molecule has 1 aliphatic heterocycles. The van der Waals surface area contributed by atoms with Crippen molar-refractivity contribution >= 4 is 29.1 Å². The number of allylic oxidation sites excluding steroid dienone is 8. The molecule has 0 saturated carbocycles. The van der Waals surface area contributed by atoms with E-state index in [9.17, 15) is 29.4 Å². The minimum atomic E-state index is -1.30. The third kappa shape index (κ3) is 12.1. The standard InChI is InChI=1S/C37H47N3O9/c1-23-14-13-15-26-20-27(41)21-30(35(26)44)39-33(42)22-28(47-4)16-9-7-6-8-10-18-31(24(2)34(23)43)49-36(45)25(3)38-37(46)40-29-17-11-12-19-32(29)48-5/h6-12,14,16-17,19-21,24-25,28,31,34,37-38,40,43,46H,13,15,18,22H2,1-5H3,(H,39,42)/b7-6+,10-8+,16-9+,23-14-. The molecule has 0 aromatic heterocycles. The number of hydrogen-bond donors (Lipinski definition) is 5. The van der Waals surface area contributed by atoms with Crippen LogP contribution in [-0.4, -0.2) is 78.6 Å². The van der Waals surface area contributed by atoms with Crippen molar-refractivity contribution in [1.29, 1.82) is 0 Å². The van der Waals surface area contributed by atoms with Crippen molar-refractivity contribution < 1.29 is 43.6 Å². The maximum absolute atomic E-state index is 13.2. The molecule has 6 unspecified atom stereocenters. The van der Waals surface area contributed by atoms with Crippen LogP contribution in [0, 0.1) is 5.92 Å². The van der Waals surface area contributed by atoms with E-state index in [1.807, 2.05) is 6.08 Å². The first-order valence-corrected chi connectivity index (χ1v) is 16.2. The average molecular weight is 678 g/mol. The molecule has 1 aromatic carbocycles. The van der Waals surface area contributed by atoms with Gasteiger partial charge in [0.15, 0.2) is 12.1 Å². The summed E-state index contributed by atoms with van der Waals surface area (Å²) in [5.41, 5.74) is 1.28. The van der Waals surface area contributed by atoms with Gasteiger partial charge in [0, 0.05) is 31.1 Å². The molecule has 0 saturated heterocycles. The van der Waals surface area contributed by atoms with Gasteiger partial charge in [-0.2, -0.15) is 0 Å². The predicted octanol–water partition coefficient (Wildman–Crippen LogP) is 3.55. The van der Waals surface area contributed by atoms with E-state index in [-0.39, 0.29) is 30.5 Å². The van der Waals surface area contributed by atoms with Crippen molar-refractivity contribution in [3.8, 4) is 5.75 Å². The van der Waals surface area contributed by atoms with Gasteiger partial charge >= 0.3 is 5.97 Å². The van der Waals surface area contributed by atoms with Crippen LogP contribution < -0.4 is 20.7 Å². The second-order valence-corrected chi connectivity index (χ2v) is 11.8. The molecule has 2 aliphatic rings. The Morgan fingerprint density at radius 2 is 1.80 bits per heavy atom. The minimum Gasteiger partial charge on any atom is -0.495 e. The monoisotopic (exact) mass is 677 g/mol. The topological polar surface area (TPSA) is 173 Å². The van der Waals surface area contributed by atoms with Crippen LogP contribution in [0.2, 0.25) is 0 Å². The fourth-order valence-corrected chi connectivity index (χ4v) is 5.23. The summed E-state index contributed by atoms with van der Waals surface area (Å²) in [5, 5.41) is 30.0. The van der Waals surface area contributed by atoms with Crippen molar-refractivity contribution in [3.05, 3.63) is 95.8 Å². The Labute approximate surface area is 287 Å². The number of aliphatic hydroxyl groups is 2. The van der Waals surface area contributed by atoms with E-state index in [0.29, 0.717) is 23.4 Å². The van der Waals surface area contributed by atoms with Crippen molar-refractivity contribution in [2.24, 2.45) is 5.92 Å². The van der Waals surface area contributed by atoms with Crippen LogP contribution in [0.15, 0.2) is 95.8 Å². The number of benzene rings is 1. The number of nitrogens with one attached hydrogen (secondary N) is 3. The van der Waals surface area contributed by atoms with E-state index in [2.05, 4.69) is 16.0 Å². The first-order valence-electron chi connectivity index (χ1n) is 16.2. The predicted molar refractivity (Wildman–Crippen MR) is 185 cm³/mol. The lowest BCUT2D eigenvalue weighted by molar-refractivity contribution is -0.156. The van der Waals surface area contributed by atoms with Crippen molar-refractivity contribution in [1.82, 2.24) is 10.6 Å². The first-order chi connectivity index (χ1) is 23.4. The normalized spacial score (nSPS) is 27.0. The smallest absolute Gasteiger partial charge is 0.323 e. The quantitative estimate of drug-likeness (QED) is 0.118. The molecule has 12 nitrogen and oxygen atoms in total. The molecule has 3 rings (SSSR count). The summed E-state index contributed by atoms with van der Waals surface area (Å²) in [6.45, 7) is 5.07. The number of aliphatic hydroxyl groups excluding tert-OH is 2. The Morgan fingerprint density at radius 1 is 1.06 bits per heavy atom. The molecule has 6 atom stereocenters. The van der Waals surface area contributed by atoms with Crippen LogP contribution in [0.3, 0.4) is 0 Å². The average Bonchev–Trinajstić information content (AvgIpc) is 3.07. The lowest BCUT2D eigenvalue weighted by atomic mass is 9.90. The number of para-hydroxylation sites is 2. The second kappa shape index (κ2) is 19.4. The molecule has 2 bridgehead atoms. The Morgan fingerprint density at radius 3 is 2.53 bits per heavy atom. The lowest BCUT2D eigenvalue weighted by Gasteiger charge is -2.29. The summed E-state index contributed by atoms with van der Waals surface area (Å²) >= 11 is 0. The zero-order chi connectivity index (χ0) is 35.9. The Bertz CT molecular complexity index is 1520. The van der Waals surface area contributed by atoms with Crippen LogP contribution >= 0.6 is 0 Å². The van der Waals surface area contributed by atoms with E-state index < -0.39 is 60.1 Å². The zero-order valence-electron chi connectivity index (χ0n) is 28.6. The van der Waals surface area contributed by atoms with Gasteiger partial charge in [0.1, 0.15) is 17.9 Å². The van der Waals surface area contributed by atoms with Gasteiger partial charge in [-0.15, -0.1) is 0 Å². The minimum absolute atomic E-state index is 0.0693. The third-order valence-electron chi connectivity index (χ3n) is 8.13. The summed E-state index contributed by atoms with van der Waals surface area (Å²) in [5.74, 6) is -1.99. The molecule has 5 N–H and O–H groups in total. The maximum atomic E-state index is 13.2. The molecule has 1 aliphatic carbocycles. The number of anilines is 1. The van der Waals surface area contributed by atoms with Crippen molar-refractivity contribution in [2.75, 3.05) is 19.5 Å². The largest absolute Gasteiger partial charge is 0.495 e. The Balaban J connectivity index is 1.78. The van der Waals surface area contributed by atoms with Crippen LogP contribution in [0.25, 0.3) is 0 Å². The molecule has 1 aromatic rings. The van der Waals surface area contributed by atoms with Gasteiger partial charge in [-0.05, 0) is 50.5 Å². The molecule has 1 amide bonds. The van der Waals surface area contributed by atoms with Gasteiger partial charge in [0.2, 0.25) is 11.7 Å². The van der Waals surface area contributed by atoms with Crippen LogP contribution in [0.4, 0.5) is 5.69 Å². The number of rotatable bonds is 8. The van der Waals surface area contributed by atoms with E-state index in [4.69, 9.17) is 14.2 Å². The number of Topliss-reactive ketones (excluding diaryl/α,β-unsaturated/α-hetero) is 1. The van der Waals surface area contributed by atoms with Gasteiger partial charge in [-0.3, -0.25) is 24.5 Å². The highest BCUT2D eigenvalue weighted by atomic mass is 16.5. The van der Waals surface area contributed by atoms with E-state index in [0.717, 1.165) is 6.08 Å². The Kier molecular flexibility index (Phi) is 15.4. The molecule has 0 spiro atoms. The summed E-state index contributed by atoms with van der Waals surface area (Å²) in [7, 11) is 2.97. The fourth-order valence-electron chi connectivity index (χ4n) is 5.23. The molecule has 1 heterocycles. The van der Waals surface area contributed by atoms with E-state index >= 15 is 0 Å². The van der Waals surface area contributed by atoms with E-state index in [1.165, 1.54) is 20.3 Å². The molecule has 49 heavy (non-hydrogen) atoms. The molecule has 264 valence electrons. The van der Waals surface area contributed by atoms with Crippen LogP contribution in [-0.2, 0) is 28.7 Å². The Hall–Kier alpha value is -4.62. The summed E-state index contributed by atoms with van der Waals surface area (Å²) in [6.07, 6.45) is 11.7. The number of esters is 1. The number of methoxy groups -OCH3 is 2. The third-order valence-corrected chi connectivity index (χ3v) is 8.13. The number of fused-ring (bicyclic) bond motifs is 2. The number of carbonyl (C=O) groups excluding carboxylic acids is 4. The van der Waals surface area contributed by atoms with Gasteiger partial charge in [0.25, 0.3) is 0 Å². The van der Waals surface area contributed by atoms with E-state index in [1.54, 1.807) is 81.5 Å².